The Morgan fingerprint density at radius 2 is 1.86 bits per heavy atom. The summed E-state index contributed by atoms with van der Waals surface area (Å²) in [6, 6.07) is 4.24. The summed E-state index contributed by atoms with van der Waals surface area (Å²) in [6.07, 6.45) is 4.30. The average Bonchev–Trinajstić information content (AvgIpc) is 3.18. The molecule has 4 fully saturated rings. The van der Waals surface area contributed by atoms with Crippen molar-refractivity contribution >= 4 is 23.5 Å². The lowest BCUT2D eigenvalue weighted by molar-refractivity contribution is -0.129. The predicted octanol–water partition coefficient (Wildman–Crippen LogP) is 3.63. The van der Waals surface area contributed by atoms with Crippen LogP contribution in [0.1, 0.15) is 67.6 Å². The highest BCUT2D eigenvalue weighted by Gasteiger charge is 2.66. The topological polar surface area (TPSA) is 142 Å². The number of halogens is 2. The van der Waals surface area contributed by atoms with Gasteiger partial charge in [-0.2, -0.15) is 5.10 Å². The maximum atomic E-state index is 15.2. The first-order valence-electron chi connectivity index (χ1n) is 11.9. The summed E-state index contributed by atoms with van der Waals surface area (Å²) in [5.74, 6) is -3.75. The fraction of sp³-hybridized carbons (Fsp3) is 0.440. The van der Waals surface area contributed by atoms with Crippen LogP contribution < -0.4 is 16.8 Å². The second kappa shape index (κ2) is 7.14. The number of amides is 2. The van der Waals surface area contributed by atoms with Gasteiger partial charge in [-0.05, 0) is 50.5 Å². The first-order valence-corrected chi connectivity index (χ1v) is 11.9. The lowest BCUT2D eigenvalue weighted by Gasteiger charge is -2.68. The molecular weight excluding hydrogens is 470 g/mol. The third-order valence-corrected chi connectivity index (χ3v) is 8.03. The van der Waals surface area contributed by atoms with Crippen LogP contribution in [0.5, 0.6) is 0 Å². The molecule has 3 aromatic rings. The highest BCUT2D eigenvalue weighted by atomic mass is 19.2. The Labute approximate surface area is 205 Å². The molecule has 2 heterocycles. The number of aromatic nitrogens is 3. The number of hydrogen-bond donors (Lipinski definition) is 3. The van der Waals surface area contributed by atoms with E-state index in [0.29, 0.717) is 5.41 Å². The van der Waals surface area contributed by atoms with E-state index < -0.39 is 35.4 Å². The fourth-order valence-corrected chi connectivity index (χ4v) is 6.08. The second-order valence-corrected chi connectivity index (χ2v) is 11.2. The van der Waals surface area contributed by atoms with E-state index in [0.717, 1.165) is 37.8 Å². The van der Waals surface area contributed by atoms with Crippen LogP contribution in [-0.4, -0.2) is 26.8 Å². The number of nitrogens with zero attached hydrogens (tertiary/aromatic N) is 3. The Morgan fingerprint density at radius 3 is 2.47 bits per heavy atom. The molecule has 4 aliphatic carbocycles. The molecule has 7 rings (SSSR count). The maximum Gasteiger partial charge on any atom is 0.254 e. The van der Waals surface area contributed by atoms with E-state index in [9.17, 15) is 9.59 Å². The van der Waals surface area contributed by atoms with Crippen molar-refractivity contribution < 1.29 is 22.9 Å². The van der Waals surface area contributed by atoms with Gasteiger partial charge < -0.3 is 16.0 Å². The summed E-state index contributed by atoms with van der Waals surface area (Å²) in [7, 11) is 0. The van der Waals surface area contributed by atoms with Crippen LogP contribution in [-0.2, 0) is 22.2 Å². The second-order valence-electron chi connectivity index (χ2n) is 11.2. The zero-order chi connectivity index (χ0) is 25.6. The van der Waals surface area contributed by atoms with Crippen molar-refractivity contribution in [1.82, 2.24) is 14.9 Å². The van der Waals surface area contributed by atoms with Crippen LogP contribution in [0.2, 0.25) is 0 Å². The molecule has 0 spiro atoms. The highest BCUT2D eigenvalue weighted by Crippen LogP contribution is 2.73. The van der Waals surface area contributed by atoms with Crippen LogP contribution in [0.3, 0.4) is 0 Å². The molecule has 4 aliphatic rings. The summed E-state index contributed by atoms with van der Waals surface area (Å²) in [6.45, 7) is 4.13. The van der Waals surface area contributed by atoms with Crippen molar-refractivity contribution in [1.29, 1.82) is 0 Å². The van der Waals surface area contributed by atoms with E-state index in [1.807, 2.05) is 6.92 Å². The summed E-state index contributed by atoms with van der Waals surface area (Å²) < 4.78 is 36.9. The zero-order valence-electron chi connectivity index (χ0n) is 20.0. The van der Waals surface area contributed by atoms with Gasteiger partial charge in [0.2, 0.25) is 11.8 Å². The van der Waals surface area contributed by atoms with Gasteiger partial charge in [-0.15, -0.1) is 0 Å². The van der Waals surface area contributed by atoms with Crippen molar-refractivity contribution in [3.8, 4) is 11.3 Å². The number of primary amides is 1. The van der Waals surface area contributed by atoms with Gasteiger partial charge in [0.05, 0.1) is 17.7 Å². The molecule has 2 bridgehead atoms. The van der Waals surface area contributed by atoms with Crippen LogP contribution in [0, 0.1) is 17.0 Å². The zero-order valence-corrected chi connectivity index (χ0v) is 20.0. The molecule has 5 N–H and O–H groups in total. The van der Waals surface area contributed by atoms with E-state index in [4.69, 9.17) is 16.0 Å². The normalized spacial score (nSPS) is 25.1. The van der Waals surface area contributed by atoms with Gasteiger partial charge in [-0.25, -0.2) is 13.5 Å². The van der Waals surface area contributed by atoms with Gasteiger partial charge in [-0.3, -0.25) is 14.9 Å². The number of rotatable bonds is 7. The fourth-order valence-electron chi connectivity index (χ4n) is 6.08. The van der Waals surface area contributed by atoms with Crippen molar-refractivity contribution in [2.24, 2.45) is 11.1 Å². The lowest BCUT2D eigenvalue weighted by Crippen LogP contribution is -2.62. The van der Waals surface area contributed by atoms with E-state index in [1.165, 1.54) is 16.8 Å². The molecule has 1 aromatic carbocycles. The van der Waals surface area contributed by atoms with Gasteiger partial charge in [0.25, 0.3) is 5.91 Å². The molecule has 0 atom stereocenters. The number of nitrogens with two attached hydrogens (primary N) is 2. The van der Waals surface area contributed by atoms with Crippen LogP contribution in [0.15, 0.2) is 22.7 Å². The molecule has 0 saturated heterocycles. The van der Waals surface area contributed by atoms with Gasteiger partial charge >= 0.3 is 0 Å². The minimum absolute atomic E-state index is 0.0140. The summed E-state index contributed by atoms with van der Waals surface area (Å²) >= 11 is 0. The number of carbonyl (C=O) groups excluding carboxylic acids is 2. The van der Waals surface area contributed by atoms with Crippen LogP contribution in [0.25, 0.3) is 11.3 Å². The third kappa shape index (κ3) is 3.25. The Morgan fingerprint density at radius 1 is 1.17 bits per heavy atom. The standard InChI is InChI=1S/C25H26F2N6O3/c1-23-9-25(10-23,11-23)14-8-16(36-32-14)30-15(34)7-12-3-4-13(19(27)18(12)26)20-17(22(29)35)21(28)33(31-20)24(2)5-6-24/h3-4,8H,5-7,9-11,28H2,1-2H3,(H2,29,35)(H,30,34). The van der Waals surface area contributed by atoms with E-state index in [1.54, 1.807) is 6.07 Å². The smallest absolute Gasteiger partial charge is 0.254 e. The van der Waals surface area contributed by atoms with Gasteiger partial charge in [0, 0.05) is 22.6 Å². The molecule has 0 unspecified atom stereocenters. The van der Waals surface area contributed by atoms with Crippen molar-refractivity contribution in [2.75, 3.05) is 11.1 Å². The minimum Gasteiger partial charge on any atom is -0.383 e. The summed E-state index contributed by atoms with van der Waals surface area (Å²) in [4.78, 5) is 24.6. The van der Waals surface area contributed by atoms with Crippen molar-refractivity contribution in [2.45, 2.75) is 63.3 Å². The van der Waals surface area contributed by atoms with Gasteiger partial charge in [-0.1, -0.05) is 18.1 Å². The van der Waals surface area contributed by atoms with Gasteiger partial charge in [0.1, 0.15) is 17.1 Å². The molecule has 4 saturated carbocycles. The SMILES string of the molecule is CC12CC(c3cc(NC(=O)Cc4ccc(-c5nn(C6(C)CC6)c(N)c5C(N)=O)c(F)c4F)on3)(C1)C2. The lowest BCUT2D eigenvalue weighted by atomic mass is 9.35. The Hall–Kier alpha value is -3.76. The number of carbonyl (C=O) groups is 2. The summed E-state index contributed by atoms with van der Waals surface area (Å²) in [5.41, 5.74) is 11.7. The van der Waals surface area contributed by atoms with Gasteiger partial charge in [0.15, 0.2) is 11.6 Å². The van der Waals surface area contributed by atoms with E-state index in [-0.39, 0.29) is 39.5 Å². The number of hydrogen-bond acceptors (Lipinski definition) is 6. The number of benzene rings is 1. The molecule has 2 amide bonds. The Kier molecular flexibility index (Phi) is 4.50. The molecular formula is C25H26F2N6O3. The number of anilines is 2. The largest absolute Gasteiger partial charge is 0.383 e. The molecule has 2 aromatic heterocycles. The van der Waals surface area contributed by atoms with E-state index in [2.05, 4.69) is 22.5 Å². The Bertz CT molecular complexity index is 1430. The molecule has 11 heteroatoms. The van der Waals surface area contributed by atoms with Crippen LogP contribution in [0.4, 0.5) is 20.5 Å². The first kappa shape index (κ1) is 22.7. The minimum atomic E-state index is -1.24. The molecule has 36 heavy (non-hydrogen) atoms. The molecule has 0 aliphatic heterocycles. The van der Waals surface area contributed by atoms with E-state index >= 15 is 8.78 Å². The first-order chi connectivity index (χ1) is 16.9. The predicted molar refractivity (Wildman–Crippen MR) is 126 cm³/mol. The van der Waals surface area contributed by atoms with Crippen LogP contribution >= 0.6 is 0 Å². The average molecular weight is 497 g/mol. The quantitative estimate of drug-likeness (QED) is 0.456. The Balaban J connectivity index is 1.22. The monoisotopic (exact) mass is 496 g/mol. The molecule has 9 nitrogen and oxygen atoms in total. The number of nitrogens with one attached hydrogen (secondary N) is 1. The molecule has 188 valence electrons. The molecule has 0 radical (unpaired) electrons. The van der Waals surface area contributed by atoms with Crippen molar-refractivity contribution in [3.05, 3.63) is 46.7 Å². The third-order valence-electron chi connectivity index (χ3n) is 8.03. The van der Waals surface area contributed by atoms with Crippen molar-refractivity contribution in [3.63, 3.8) is 0 Å². The number of nitrogen functional groups attached to an aromatic ring is 1. The maximum absolute atomic E-state index is 15.2. The highest BCUT2D eigenvalue weighted by molar-refractivity contribution is 6.03. The summed E-state index contributed by atoms with van der Waals surface area (Å²) in [5, 5.41) is 11.0.